The molecule has 0 aromatic heterocycles. The molecular weight excluding hydrogens is 196 g/mol. The molecule has 1 saturated heterocycles. The van der Waals surface area contributed by atoms with E-state index < -0.39 is 6.29 Å². The third-order valence-corrected chi connectivity index (χ3v) is 2.77. The van der Waals surface area contributed by atoms with Crippen LogP contribution in [-0.2, 0) is 4.74 Å². The van der Waals surface area contributed by atoms with Crippen molar-refractivity contribution in [2.24, 2.45) is 0 Å². The van der Waals surface area contributed by atoms with Crippen LogP contribution in [0.3, 0.4) is 0 Å². The van der Waals surface area contributed by atoms with Crippen molar-refractivity contribution in [3.8, 4) is 11.5 Å². The Morgan fingerprint density at radius 3 is 2.80 bits per heavy atom. The summed E-state index contributed by atoms with van der Waals surface area (Å²) < 4.78 is 15.9. The molecule has 0 amide bonds. The first kappa shape index (κ1) is 9.00. The maximum Gasteiger partial charge on any atom is 0.231 e. The Kier molecular flexibility index (Phi) is 2.04. The van der Waals surface area contributed by atoms with E-state index in [1.807, 2.05) is 18.2 Å². The molecule has 1 aromatic rings. The topological polar surface area (TPSA) is 47.9 Å². The molecule has 80 valence electrons. The Balaban J connectivity index is 1.87. The molecule has 2 heterocycles. The summed E-state index contributed by atoms with van der Waals surface area (Å²) >= 11 is 0. The fourth-order valence-corrected chi connectivity index (χ4v) is 1.98. The van der Waals surface area contributed by atoms with Gasteiger partial charge in [-0.2, -0.15) is 0 Å². The smallest absolute Gasteiger partial charge is 0.231 e. The van der Waals surface area contributed by atoms with E-state index in [1.165, 1.54) is 0 Å². The predicted octanol–water partition coefficient (Wildman–Crippen LogP) is 1.59. The Hall–Kier alpha value is -1.26. The van der Waals surface area contributed by atoms with Gasteiger partial charge in [0, 0.05) is 6.42 Å². The average molecular weight is 208 g/mol. The van der Waals surface area contributed by atoms with Crippen LogP contribution in [0.5, 0.6) is 11.5 Å². The number of fused-ring (bicyclic) bond motifs is 1. The zero-order valence-corrected chi connectivity index (χ0v) is 8.18. The third-order valence-electron chi connectivity index (χ3n) is 2.77. The highest BCUT2D eigenvalue weighted by Gasteiger charge is 2.26. The molecule has 0 bridgehead atoms. The van der Waals surface area contributed by atoms with E-state index in [2.05, 4.69) is 0 Å². The van der Waals surface area contributed by atoms with Crippen LogP contribution in [0.25, 0.3) is 0 Å². The standard InChI is InChI=1S/C11H12O4/c12-11-4-3-8(15-11)7-1-2-9-10(5-7)14-6-13-9/h1-2,5,8,11-12H,3-4,6H2. The van der Waals surface area contributed by atoms with Gasteiger partial charge < -0.3 is 19.3 Å². The molecule has 0 saturated carbocycles. The quantitative estimate of drug-likeness (QED) is 0.761. The van der Waals surface area contributed by atoms with Gasteiger partial charge in [0.25, 0.3) is 0 Å². The summed E-state index contributed by atoms with van der Waals surface area (Å²) in [5.74, 6) is 1.54. The lowest BCUT2D eigenvalue weighted by Gasteiger charge is -2.11. The minimum absolute atomic E-state index is 0.0190. The zero-order valence-electron chi connectivity index (χ0n) is 8.18. The third kappa shape index (κ3) is 1.56. The van der Waals surface area contributed by atoms with Crippen molar-refractivity contribution in [3.63, 3.8) is 0 Å². The Morgan fingerprint density at radius 1 is 1.13 bits per heavy atom. The minimum atomic E-state index is -0.625. The van der Waals surface area contributed by atoms with Gasteiger partial charge in [0.05, 0.1) is 6.10 Å². The van der Waals surface area contributed by atoms with Gasteiger partial charge in [-0.25, -0.2) is 0 Å². The second kappa shape index (κ2) is 3.40. The van der Waals surface area contributed by atoms with E-state index in [0.29, 0.717) is 6.42 Å². The Morgan fingerprint density at radius 2 is 2.00 bits per heavy atom. The maximum absolute atomic E-state index is 9.28. The van der Waals surface area contributed by atoms with Gasteiger partial charge in [0.2, 0.25) is 6.79 Å². The molecule has 2 atom stereocenters. The molecule has 1 aromatic carbocycles. The molecular formula is C11H12O4. The van der Waals surface area contributed by atoms with Crippen molar-refractivity contribution < 1.29 is 19.3 Å². The Bertz CT molecular complexity index is 377. The minimum Gasteiger partial charge on any atom is -0.454 e. The Labute approximate surface area is 87.4 Å². The molecule has 4 nitrogen and oxygen atoms in total. The highest BCUT2D eigenvalue weighted by Crippen LogP contribution is 2.38. The van der Waals surface area contributed by atoms with Gasteiger partial charge >= 0.3 is 0 Å². The molecule has 1 fully saturated rings. The molecule has 3 rings (SSSR count). The molecule has 15 heavy (non-hydrogen) atoms. The van der Waals surface area contributed by atoms with Crippen molar-refractivity contribution in [2.45, 2.75) is 25.2 Å². The summed E-state index contributed by atoms with van der Waals surface area (Å²) in [6.45, 7) is 0.285. The fraction of sp³-hybridized carbons (Fsp3) is 0.455. The predicted molar refractivity (Wildman–Crippen MR) is 51.6 cm³/mol. The van der Waals surface area contributed by atoms with E-state index in [4.69, 9.17) is 14.2 Å². The summed E-state index contributed by atoms with van der Waals surface area (Å²) in [6, 6.07) is 5.76. The number of ether oxygens (including phenoxy) is 3. The van der Waals surface area contributed by atoms with E-state index in [9.17, 15) is 5.11 Å². The maximum atomic E-state index is 9.28. The summed E-state index contributed by atoms with van der Waals surface area (Å²) in [6.07, 6.45) is 0.898. The largest absolute Gasteiger partial charge is 0.454 e. The van der Waals surface area contributed by atoms with Crippen molar-refractivity contribution in [1.82, 2.24) is 0 Å². The van der Waals surface area contributed by atoms with Crippen LogP contribution in [0.2, 0.25) is 0 Å². The molecule has 0 spiro atoms. The van der Waals surface area contributed by atoms with Crippen LogP contribution < -0.4 is 9.47 Å². The first-order valence-electron chi connectivity index (χ1n) is 5.06. The van der Waals surface area contributed by atoms with Crippen molar-refractivity contribution in [3.05, 3.63) is 23.8 Å². The lowest BCUT2D eigenvalue weighted by molar-refractivity contribution is -0.0914. The zero-order chi connectivity index (χ0) is 10.3. The normalized spacial score (nSPS) is 28.3. The number of rotatable bonds is 1. The lowest BCUT2D eigenvalue weighted by Crippen LogP contribution is -2.03. The lowest BCUT2D eigenvalue weighted by atomic mass is 10.1. The number of aliphatic hydroxyl groups excluding tert-OH is 1. The summed E-state index contributed by atoms with van der Waals surface area (Å²) in [7, 11) is 0. The fourth-order valence-electron chi connectivity index (χ4n) is 1.98. The van der Waals surface area contributed by atoms with Crippen LogP contribution in [0.4, 0.5) is 0 Å². The van der Waals surface area contributed by atoms with E-state index in [1.54, 1.807) is 0 Å². The summed E-state index contributed by atoms with van der Waals surface area (Å²) in [5, 5.41) is 9.28. The van der Waals surface area contributed by atoms with Crippen LogP contribution >= 0.6 is 0 Å². The van der Waals surface area contributed by atoms with Gasteiger partial charge in [0.1, 0.15) is 0 Å². The molecule has 2 aliphatic heterocycles. The number of benzene rings is 1. The molecule has 0 aliphatic carbocycles. The highest BCUT2D eigenvalue weighted by molar-refractivity contribution is 5.45. The van der Waals surface area contributed by atoms with Gasteiger partial charge in [-0.15, -0.1) is 0 Å². The van der Waals surface area contributed by atoms with E-state index in [-0.39, 0.29) is 12.9 Å². The molecule has 2 unspecified atom stereocenters. The van der Waals surface area contributed by atoms with Gasteiger partial charge in [-0.05, 0) is 24.1 Å². The highest BCUT2D eigenvalue weighted by atomic mass is 16.7. The molecule has 2 aliphatic rings. The monoisotopic (exact) mass is 208 g/mol. The first-order valence-corrected chi connectivity index (χ1v) is 5.06. The molecule has 4 heteroatoms. The van der Waals surface area contributed by atoms with E-state index >= 15 is 0 Å². The number of aliphatic hydroxyl groups is 1. The van der Waals surface area contributed by atoms with Crippen LogP contribution in [0.15, 0.2) is 18.2 Å². The van der Waals surface area contributed by atoms with Crippen molar-refractivity contribution in [2.75, 3.05) is 6.79 Å². The summed E-state index contributed by atoms with van der Waals surface area (Å²) in [4.78, 5) is 0. The van der Waals surface area contributed by atoms with Gasteiger partial charge in [0.15, 0.2) is 17.8 Å². The second-order valence-electron chi connectivity index (χ2n) is 3.77. The second-order valence-corrected chi connectivity index (χ2v) is 3.77. The molecule has 1 N–H and O–H groups in total. The van der Waals surface area contributed by atoms with Crippen LogP contribution in [-0.4, -0.2) is 18.2 Å². The van der Waals surface area contributed by atoms with Gasteiger partial charge in [-0.1, -0.05) is 6.07 Å². The average Bonchev–Trinajstić information content (AvgIpc) is 2.84. The first-order chi connectivity index (χ1) is 7.33. The van der Waals surface area contributed by atoms with Crippen molar-refractivity contribution in [1.29, 1.82) is 0 Å². The number of hydrogen-bond donors (Lipinski definition) is 1. The van der Waals surface area contributed by atoms with Crippen LogP contribution in [0.1, 0.15) is 24.5 Å². The van der Waals surface area contributed by atoms with E-state index in [0.717, 1.165) is 23.5 Å². The summed E-state index contributed by atoms with van der Waals surface area (Å²) in [5.41, 5.74) is 1.04. The van der Waals surface area contributed by atoms with Gasteiger partial charge in [-0.3, -0.25) is 0 Å². The SMILES string of the molecule is OC1CCC(c2ccc3c(c2)OCO3)O1. The molecule has 0 radical (unpaired) electrons. The van der Waals surface area contributed by atoms with Crippen LogP contribution in [0, 0.1) is 0 Å². The van der Waals surface area contributed by atoms with Crippen molar-refractivity contribution >= 4 is 0 Å². The number of hydrogen-bond acceptors (Lipinski definition) is 4.